The molecule has 0 spiro atoms. The smallest absolute Gasteiger partial charge is 0.256 e. The molecule has 0 radical (unpaired) electrons. The number of ketones is 1. The van der Waals surface area contributed by atoms with Gasteiger partial charge in [-0.3, -0.25) is 9.69 Å². The van der Waals surface area contributed by atoms with Gasteiger partial charge in [-0.25, -0.2) is 0 Å². The molecular formula is C21H33Cl2N5O2. The van der Waals surface area contributed by atoms with Crippen molar-refractivity contribution in [1.29, 1.82) is 0 Å². The number of unbranched alkanes of at least 4 members (excludes halogenated alkanes) is 1. The van der Waals surface area contributed by atoms with Crippen LogP contribution in [-0.2, 0) is 0 Å². The Morgan fingerprint density at radius 2 is 1.73 bits per heavy atom. The summed E-state index contributed by atoms with van der Waals surface area (Å²) in [4.78, 5) is 17.1. The van der Waals surface area contributed by atoms with E-state index in [1.54, 1.807) is 11.0 Å². The van der Waals surface area contributed by atoms with Crippen molar-refractivity contribution in [2.45, 2.75) is 45.6 Å². The van der Waals surface area contributed by atoms with Gasteiger partial charge in [-0.2, -0.15) is 5.01 Å². The normalized spacial score (nSPS) is 15.4. The van der Waals surface area contributed by atoms with Crippen molar-refractivity contribution >= 4 is 36.5 Å². The largest absolute Gasteiger partial charge is 0.660 e. The molecule has 0 saturated carbocycles. The molecule has 0 aliphatic carbocycles. The lowest BCUT2D eigenvalue weighted by Gasteiger charge is -2.35. The van der Waals surface area contributed by atoms with Crippen LogP contribution >= 0.6 is 24.8 Å². The Labute approximate surface area is 191 Å². The van der Waals surface area contributed by atoms with Crippen molar-refractivity contribution in [3.05, 3.63) is 47.8 Å². The number of nitrogens with zero attached hydrogens (tertiary/aromatic N) is 4. The first-order valence-electron chi connectivity index (χ1n) is 10.2. The number of nitrogens with one attached hydrogen (secondary N) is 1. The summed E-state index contributed by atoms with van der Waals surface area (Å²) < 4.78 is 4.84. The predicted octanol–water partition coefficient (Wildman–Crippen LogP) is 4.21. The van der Waals surface area contributed by atoms with Gasteiger partial charge in [-0.1, -0.05) is 63.4 Å². The van der Waals surface area contributed by atoms with Gasteiger partial charge < -0.3 is 10.3 Å². The summed E-state index contributed by atoms with van der Waals surface area (Å²) in [6.45, 7) is 7.58. The Bertz CT molecular complexity index is 749. The van der Waals surface area contributed by atoms with E-state index in [1.165, 1.54) is 6.42 Å². The van der Waals surface area contributed by atoms with Crippen molar-refractivity contribution in [2.75, 3.05) is 31.2 Å². The SMILES string of the molecule is CC(C)CCCCC(C(=O)c1ccccc1)N1CCN([n+]2cc([NH-])on2)CC1.Cl.Cl. The second-order valence-electron chi connectivity index (χ2n) is 7.90. The van der Waals surface area contributed by atoms with Gasteiger partial charge in [0.1, 0.15) is 5.88 Å². The lowest BCUT2D eigenvalue weighted by Crippen LogP contribution is -2.66. The number of aromatic nitrogens is 2. The third-order valence-electron chi connectivity index (χ3n) is 5.35. The molecule has 1 aromatic carbocycles. The molecule has 30 heavy (non-hydrogen) atoms. The quantitative estimate of drug-likeness (QED) is 0.320. The van der Waals surface area contributed by atoms with Crippen molar-refractivity contribution in [2.24, 2.45) is 5.92 Å². The van der Waals surface area contributed by atoms with E-state index in [2.05, 4.69) is 24.0 Å². The third kappa shape index (κ3) is 7.15. The summed E-state index contributed by atoms with van der Waals surface area (Å²) >= 11 is 0. The maximum absolute atomic E-state index is 13.2. The van der Waals surface area contributed by atoms with Gasteiger partial charge in [0.15, 0.2) is 5.78 Å². The zero-order chi connectivity index (χ0) is 19.9. The molecule has 0 bridgehead atoms. The Morgan fingerprint density at radius 3 is 2.30 bits per heavy atom. The molecule has 0 amide bonds. The van der Waals surface area contributed by atoms with Gasteiger partial charge >= 0.3 is 0 Å². The molecule has 1 atom stereocenters. The molecule has 1 aliphatic heterocycles. The second-order valence-corrected chi connectivity index (χ2v) is 7.90. The van der Waals surface area contributed by atoms with E-state index in [1.807, 2.05) is 35.3 Å². The van der Waals surface area contributed by atoms with Crippen LogP contribution < -0.4 is 9.80 Å². The molecule has 9 heteroatoms. The molecule has 1 fully saturated rings. The predicted molar refractivity (Wildman–Crippen MR) is 123 cm³/mol. The first kappa shape index (κ1) is 26.2. The van der Waals surface area contributed by atoms with E-state index in [0.717, 1.165) is 51.0 Å². The first-order valence-corrected chi connectivity index (χ1v) is 10.2. The molecular weight excluding hydrogens is 425 g/mol. The zero-order valence-electron chi connectivity index (χ0n) is 17.7. The van der Waals surface area contributed by atoms with E-state index in [0.29, 0.717) is 5.92 Å². The Hall–Kier alpha value is -1.83. The summed E-state index contributed by atoms with van der Waals surface area (Å²) in [5, 5.41) is 5.91. The Morgan fingerprint density at radius 1 is 1.10 bits per heavy atom. The summed E-state index contributed by atoms with van der Waals surface area (Å²) in [5.41, 5.74) is 8.28. The lowest BCUT2D eigenvalue weighted by molar-refractivity contribution is -0.759. The maximum atomic E-state index is 13.2. The van der Waals surface area contributed by atoms with Crippen molar-refractivity contribution in [3.8, 4) is 0 Å². The highest BCUT2D eigenvalue weighted by Gasteiger charge is 2.32. The number of rotatable bonds is 9. The highest BCUT2D eigenvalue weighted by atomic mass is 35.5. The van der Waals surface area contributed by atoms with Crippen LogP contribution in [0.4, 0.5) is 5.88 Å². The molecule has 1 saturated heterocycles. The van der Waals surface area contributed by atoms with Gasteiger partial charge in [-0.15, -0.1) is 24.8 Å². The number of benzene rings is 1. The summed E-state index contributed by atoms with van der Waals surface area (Å²) in [7, 11) is 0. The van der Waals surface area contributed by atoms with E-state index >= 15 is 0 Å². The maximum Gasteiger partial charge on any atom is 0.256 e. The first-order chi connectivity index (χ1) is 13.5. The highest BCUT2D eigenvalue weighted by molar-refractivity contribution is 6.00. The van der Waals surface area contributed by atoms with Crippen molar-refractivity contribution < 1.29 is 14.1 Å². The van der Waals surface area contributed by atoms with Gasteiger partial charge in [0, 0.05) is 18.7 Å². The van der Waals surface area contributed by atoms with Crippen LogP contribution in [0.3, 0.4) is 0 Å². The monoisotopic (exact) mass is 457 g/mol. The minimum Gasteiger partial charge on any atom is -0.660 e. The van der Waals surface area contributed by atoms with Crippen LogP contribution in [0.2, 0.25) is 0 Å². The summed E-state index contributed by atoms with van der Waals surface area (Å²) in [6, 6.07) is 9.57. The summed E-state index contributed by atoms with van der Waals surface area (Å²) in [5.74, 6) is 0.971. The highest BCUT2D eigenvalue weighted by Crippen LogP contribution is 2.19. The van der Waals surface area contributed by atoms with Crippen LogP contribution in [-0.4, -0.2) is 48.2 Å². The van der Waals surface area contributed by atoms with Crippen LogP contribution in [0.25, 0.3) is 5.73 Å². The minimum absolute atomic E-state index is 0. The second kappa shape index (κ2) is 12.8. The zero-order valence-corrected chi connectivity index (χ0v) is 19.3. The number of carbonyl (C=O) groups is 1. The molecule has 1 aromatic heterocycles. The number of hydrogen-bond donors (Lipinski definition) is 0. The fraction of sp³-hybridized carbons (Fsp3) is 0.571. The van der Waals surface area contributed by atoms with Gasteiger partial charge in [0.05, 0.1) is 23.9 Å². The minimum atomic E-state index is -0.0780. The van der Waals surface area contributed by atoms with Crippen LogP contribution in [0.15, 0.2) is 41.1 Å². The molecule has 7 nitrogen and oxygen atoms in total. The van der Waals surface area contributed by atoms with Gasteiger partial charge in [-0.05, 0) is 12.3 Å². The van der Waals surface area contributed by atoms with E-state index in [-0.39, 0.29) is 42.5 Å². The number of hydrogen-bond acceptors (Lipinski definition) is 5. The average Bonchev–Trinajstić information content (AvgIpc) is 3.14. The molecule has 168 valence electrons. The summed E-state index contributed by atoms with van der Waals surface area (Å²) in [6.07, 6.45) is 5.90. The topological polar surface area (TPSA) is 77.3 Å². The third-order valence-corrected chi connectivity index (χ3v) is 5.35. The number of piperazine rings is 1. The molecule has 1 aliphatic rings. The molecule has 1 N–H and O–H groups in total. The standard InChI is InChI=1S/C21H31N5O2.2ClH/c1-17(2)8-6-7-11-19(21(27)18-9-4-3-5-10-18)24-12-14-25(15-13-24)26-16-20(22)28-23-26;;/h3-5,9-10,16-17,19H,6-8,11-15H2,1-2H3,(H-,22,23);2*1H. The Balaban J connectivity index is 0.00000225. The average molecular weight is 458 g/mol. The fourth-order valence-electron chi connectivity index (χ4n) is 3.76. The van der Waals surface area contributed by atoms with E-state index in [9.17, 15) is 4.79 Å². The van der Waals surface area contributed by atoms with Crippen LogP contribution in [0.1, 0.15) is 49.9 Å². The van der Waals surface area contributed by atoms with E-state index in [4.69, 9.17) is 10.3 Å². The number of carbonyl (C=O) groups excluding carboxylic acids is 1. The molecule has 3 rings (SSSR count). The van der Waals surface area contributed by atoms with Gasteiger partial charge in [0.25, 0.3) is 6.20 Å². The van der Waals surface area contributed by atoms with Gasteiger partial charge in [0.2, 0.25) is 5.27 Å². The number of halogens is 2. The van der Waals surface area contributed by atoms with Crippen molar-refractivity contribution in [3.63, 3.8) is 0 Å². The fourth-order valence-corrected chi connectivity index (χ4v) is 3.76. The van der Waals surface area contributed by atoms with Crippen LogP contribution in [0, 0.1) is 5.92 Å². The van der Waals surface area contributed by atoms with E-state index < -0.39 is 0 Å². The van der Waals surface area contributed by atoms with Crippen molar-refractivity contribution in [1.82, 2.24) is 10.2 Å². The number of Topliss-reactive ketones (excluding diaryl/α,β-unsaturated/α-hetero) is 1. The lowest BCUT2D eigenvalue weighted by atomic mass is 9.95. The Kier molecular flexibility index (Phi) is 11.2. The molecule has 1 unspecified atom stereocenters. The molecule has 2 heterocycles. The van der Waals surface area contributed by atoms with Crippen LogP contribution in [0.5, 0.6) is 0 Å². The molecule has 2 aromatic rings.